The Hall–Kier alpha value is -6.12. The lowest BCUT2D eigenvalue weighted by Crippen LogP contribution is -2.33. The molecule has 11 rings (SSSR count). The van der Waals surface area contributed by atoms with Crippen LogP contribution in [0.2, 0.25) is 0 Å². The first kappa shape index (κ1) is 31.4. The minimum absolute atomic E-state index is 0.0942. The molecule has 2 heteroatoms. The molecule has 2 nitrogen and oxygen atoms in total. The van der Waals surface area contributed by atoms with E-state index in [1.165, 1.54) is 112 Å². The van der Waals surface area contributed by atoms with E-state index in [4.69, 9.17) is 0 Å². The van der Waals surface area contributed by atoms with Gasteiger partial charge in [-0.25, -0.2) is 0 Å². The van der Waals surface area contributed by atoms with Crippen molar-refractivity contribution < 1.29 is 0 Å². The first-order valence-corrected chi connectivity index (χ1v) is 19.4. The van der Waals surface area contributed by atoms with Crippen LogP contribution in [-0.2, 0) is 10.8 Å². The molecule has 8 aromatic carbocycles. The topological polar surface area (TPSA) is 9.86 Å². The van der Waals surface area contributed by atoms with E-state index in [9.17, 15) is 0 Å². The van der Waals surface area contributed by atoms with Crippen molar-refractivity contribution in [1.82, 2.24) is 9.13 Å². The number of rotatable bonds is 3. The van der Waals surface area contributed by atoms with Gasteiger partial charge in [0.25, 0.3) is 0 Å². The molecule has 1 aliphatic rings. The van der Waals surface area contributed by atoms with Crippen molar-refractivity contribution in [3.8, 4) is 22.5 Å². The van der Waals surface area contributed by atoms with Crippen molar-refractivity contribution in [2.45, 2.75) is 51.4 Å². The Kier molecular flexibility index (Phi) is 6.51. The van der Waals surface area contributed by atoms with Crippen molar-refractivity contribution in [2.75, 3.05) is 0 Å². The molecule has 0 spiro atoms. The molecule has 0 aliphatic heterocycles. The van der Waals surface area contributed by atoms with E-state index in [0.717, 1.165) is 0 Å². The minimum atomic E-state index is 0.0942. The maximum absolute atomic E-state index is 2.56. The van der Waals surface area contributed by atoms with E-state index >= 15 is 0 Å². The van der Waals surface area contributed by atoms with Crippen LogP contribution in [0.15, 0.2) is 158 Å². The molecule has 0 unspecified atom stereocenters. The second kappa shape index (κ2) is 11.2. The molecule has 54 heavy (non-hydrogen) atoms. The van der Waals surface area contributed by atoms with Crippen molar-refractivity contribution in [1.29, 1.82) is 0 Å². The molecule has 0 bridgehead atoms. The number of para-hydroxylation sites is 1. The highest BCUT2D eigenvalue weighted by atomic mass is 15.0. The summed E-state index contributed by atoms with van der Waals surface area (Å²) in [5, 5.41) is 10.3. The summed E-state index contributed by atoms with van der Waals surface area (Å²) in [6, 6.07) is 59.1. The van der Waals surface area contributed by atoms with Gasteiger partial charge in [0.05, 0.1) is 22.1 Å². The molecule has 0 saturated heterocycles. The zero-order chi connectivity index (χ0) is 36.3. The van der Waals surface area contributed by atoms with E-state index < -0.39 is 0 Å². The Morgan fingerprint density at radius 3 is 1.76 bits per heavy atom. The van der Waals surface area contributed by atoms with Gasteiger partial charge >= 0.3 is 0 Å². The second-order valence-corrected chi connectivity index (χ2v) is 16.9. The third kappa shape index (κ3) is 4.53. The van der Waals surface area contributed by atoms with Gasteiger partial charge in [0.15, 0.2) is 0 Å². The molecule has 0 fully saturated rings. The first-order chi connectivity index (χ1) is 26.2. The molecule has 10 aromatic rings. The summed E-state index contributed by atoms with van der Waals surface area (Å²) < 4.78 is 5.04. The fourth-order valence-electron chi connectivity index (χ4n) is 9.68. The summed E-state index contributed by atoms with van der Waals surface area (Å²) in [4.78, 5) is 0. The maximum Gasteiger partial charge on any atom is 0.0549 e. The van der Waals surface area contributed by atoms with Gasteiger partial charge in [0, 0.05) is 32.9 Å². The molecule has 1 aliphatic carbocycles. The molecular formula is C52H42N2. The van der Waals surface area contributed by atoms with Crippen molar-refractivity contribution in [2.24, 2.45) is 0 Å². The van der Waals surface area contributed by atoms with Gasteiger partial charge in [-0.1, -0.05) is 125 Å². The Balaban J connectivity index is 1.28. The van der Waals surface area contributed by atoms with Crippen LogP contribution in [0.1, 0.15) is 51.7 Å². The lowest BCUT2D eigenvalue weighted by molar-refractivity contribution is 0.332. The van der Waals surface area contributed by atoms with Crippen LogP contribution in [0.25, 0.3) is 87.7 Å². The summed E-state index contributed by atoms with van der Waals surface area (Å²) in [6.45, 7) is 9.76. The van der Waals surface area contributed by atoms with Crippen LogP contribution in [0.5, 0.6) is 0 Å². The van der Waals surface area contributed by atoms with E-state index in [0.29, 0.717) is 0 Å². The summed E-state index contributed by atoms with van der Waals surface area (Å²) in [5.41, 5.74) is 13.0. The molecule has 0 atom stereocenters. The van der Waals surface area contributed by atoms with Crippen LogP contribution < -0.4 is 0 Å². The van der Waals surface area contributed by atoms with Crippen LogP contribution in [0, 0.1) is 0 Å². The lowest BCUT2D eigenvalue weighted by atomic mass is 9.63. The zero-order valence-electron chi connectivity index (χ0n) is 31.3. The number of fused-ring (bicyclic) bond motifs is 10. The fourth-order valence-corrected chi connectivity index (χ4v) is 9.68. The van der Waals surface area contributed by atoms with Gasteiger partial charge in [-0.05, 0) is 128 Å². The summed E-state index contributed by atoms with van der Waals surface area (Å²) in [7, 11) is 0. The Bertz CT molecular complexity index is 3150. The highest BCUT2D eigenvalue weighted by Gasteiger charge is 2.38. The molecule has 0 amide bonds. The van der Waals surface area contributed by atoms with Gasteiger partial charge in [-0.15, -0.1) is 0 Å². The van der Waals surface area contributed by atoms with Crippen molar-refractivity contribution in [3.05, 3.63) is 169 Å². The predicted octanol–water partition coefficient (Wildman–Crippen LogP) is 14.2. The number of hydrogen-bond donors (Lipinski definition) is 0. The zero-order valence-corrected chi connectivity index (χ0v) is 31.3. The van der Waals surface area contributed by atoms with Crippen LogP contribution in [0.3, 0.4) is 0 Å². The van der Waals surface area contributed by atoms with Gasteiger partial charge in [-0.3, -0.25) is 0 Å². The number of benzene rings is 8. The normalized spacial score (nSPS) is 15.2. The number of nitrogens with zero attached hydrogens (tertiary/aromatic N) is 2. The average Bonchev–Trinajstić information content (AvgIpc) is 3.70. The minimum Gasteiger partial charge on any atom is -0.309 e. The molecule has 2 heterocycles. The largest absolute Gasteiger partial charge is 0.309 e. The fraction of sp³-hybridized carbons (Fsp3) is 0.154. The predicted molar refractivity (Wildman–Crippen MR) is 231 cm³/mol. The molecule has 260 valence electrons. The molecule has 0 radical (unpaired) electrons. The SMILES string of the molecule is CC1(C)CCC(C)(C)c2cc3c(cc21)c1cc2c(cc1n3-c1cccc(-c3ccc4ccccc4c3)c1)c1c3ccccc3ccc1n2-c1ccccc1. The van der Waals surface area contributed by atoms with Crippen LogP contribution >= 0.6 is 0 Å². The summed E-state index contributed by atoms with van der Waals surface area (Å²) in [6.07, 6.45) is 2.37. The maximum atomic E-state index is 2.56. The molecule has 0 saturated carbocycles. The molecule has 2 aromatic heterocycles. The smallest absolute Gasteiger partial charge is 0.0549 e. The molecular weight excluding hydrogens is 653 g/mol. The van der Waals surface area contributed by atoms with Gasteiger partial charge < -0.3 is 9.13 Å². The van der Waals surface area contributed by atoms with Gasteiger partial charge in [-0.2, -0.15) is 0 Å². The Morgan fingerprint density at radius 2 is 0.944 bits per heavy atom. The monoisotopic (exact) mass is 694 g/mol. The van der Waals surface area contributed by atoms with Crippen LogP contribution in [-0.4, -0.2) is 9.13 Å². The van der Waals surface area contributed by atoms with Crippen molar-refractivity contribution >= 4 is 65.2 Å². The third-order valence-electron chi connectivity index (χ3n) is 12.7. The van der Waals surface area contributed by atoms with E-state index in [1.807, 2.05) is 0 Å². The Labute approximate surface area is 315 Å². The summed E-state index contributed by atoms with van der Waals surface area (Å²) in [5.74, 6) is 0. The number of aromatic nitrogens is 2. The average molecular weight is 695 g/mol. The highest BCUT2D eigenvalue weighted by Crippen LogP contribution is 2.49. The lowest BCUT2D eigenvalue weighted by Gasteiger charge is -2.42. The third-order valence-corrected chi connectivity index (χ3v) is 12.7. The van der Waals surface area contributed by atoms with E-state index in [2.05, 4.69) is 195 Å². The van der Waals surface area contributed by atoms with E-state index in [1.54, 1.807) is 0 Å². The highest BCUT2D eigenvalue weighted by molar-refractivity contribution is 6.25. The standard InChI is InChI=1S/C52H42N2/c1-51(2)25-26-52(3,4)45-32-49-41(29-44(45)51)42-30-48-43(50-40-20-11-10-14-34(40)23-24-46(50)53(48)38-17-6-5-7-18-38)31-47(42)54(49)39-19-12-16-36(28-39)37-22-21-33-13-8-9-15-35(33)27-37/h5-24,27-32H,25-26H2,1-4H3. The number of hydrogen-bond acceptors (Lipinski definition) is 0. The first-order valence-electron chi connectivity index (χ1n) is 19.4. The molecule has 0 N–H and O–H groups in total. The Morgan fingerprint density at radius 1 is 0.370 bits per heavy atom. The van der Waals surface area contributed by atoms with Gasteiger partial charge in [0.1, 0.15) is 0 Å². The van der Waals surface area contributed by atoms with Gasteiger partial charge in [0.2, 0.25) is 0 Å². The quantitative estimate of drug-likeness (QED) is 0.174. The summed E-state index contributed by atoms with van der Waals surface area (Å²) >= 11 is 0. The second-order valence-electron chi connectivity index (χ2n) is 16.9. The van der Waals surface area contributed by atoms with Crippen molar-refractivity contribution in [3.63, 3.8) is 0 Å². The van der Waals surface area contributed by atoms with E-state index in [-0.39, 0.29) is 10.8 Å². The van der Waals surface area contributed by atoms with Crippen LogP contribution in [0.4, 0.5) is 0 Å².